The van der Waals surface area contributed by atoms with Gasteiger partial charge in [-0.05, 0) is 5.92 Å². The Balaban J connectivity index is 3.99. The molecule has 0 rings (SSSR count). The Morgan fingerprint density at radius 1 is 1.07 bits per heavy atom. The molecule has 86 valence electrons. The quantitative estimate of drug-likeness (QED) is 0.772. The van der Waals surface area contributed by atoms with E-state index in [1.54, 1.807) is 0 Å². The van der Waals surface area contributed by atoms with Gasteiger partial charge >= 0.3 is 5.97 Å². The van der Waals surface area contributed by atoms with Crippen LogP contribution >= 0.6 is 23.5 Å². The van der Waals surface area contributed by atoms with Gasteiger partial charge in [0.1, 0.15) is 0 Å². The van der Waals surface area contributed by atoms with Crippen molar-refractivity contribution >= 4 is 39.7 Å². The van der Waals surface area contributed by atoms with E-state index in [9.17, 15) is 14.4 Å². The molecule has 15 heavy (non-hydrogen) atoms. The summed E-state index contributed by atoms with van der Waals surface area (Å²) in [7, 11) is 0. The summed E-state index contributed by atoms with van der Waals surface area (Å²) >= 11 is 2.21. The van der Waals surface area contributed by atoms with Gasteiger partial charge < -0.3 is 5.11 Å². The molecule has 4 nitrogen and oxygen atoms in total. The van der Waals surface area contributed by atoms with Crippen LogP contribution < -0.4 is 0 Å². The third kappa shape index (κ3) is 9.81. The standard InChI is InChI=1S/C9H14O4S2/c1-6(10)14-4-8(3-9(12)13)5-15-7(2)11/h8H,3-5H2,1-2H3,(H,12,13). The summed E-state index contributed by atoms with van der Waals surface area (Å²) in [5.74, 6) is -0.109. The highest BCUT2D eigenvalue weighted by Gasteiger charge is 2.15. The van der Waals surface area contributed by atoms with Crippen molar-refractivity contribution in [2.24, 2.45) is 5.92 Å². The summed E-state index contributed by atoms with van der Waals surface area (Å²) in [5.41, 5.74) is 0. The SMILES string of the molecule is CC(=O)SCC(CSC(C)=O)CC(=O)O. The maximum absolute atomic E-state index is 10.7. The van der Waals surface area contributed by atoms with Crippen LogP contribution in [0.2, 0.25) is 0 Å². The molecule has 0 saturated heterocycles. The van der Waals surface area contributed by atoms with Crippen molar-refractivity contribution in [2.75, 3.05) is 11.5 Å². The molecule has 0 atom stereocenters. The molecule has 0 bridgehead atoms. The van der Waals surface area contributed by atoms with Crippen LogP contribution in [0.3, 0.4) is 0 Å². The maximum atomic E-state index is 10.7. The Morgan fingerprint density at radius 3 is 1.73 bits per heavy atom. The molecule has 0 saturated carbocycles. The van der Waals surface area contributed by atoms with E-state index in [1.807, 2.05) is 0 Å². The van der Waals surface area contributed by atoms with Gasteiger partial charge in [0.15, 0.2) is 10.2 Å². The predicted molar refractivity (Wildman–Crippen MR) is 62.0 cm³/mol. The summed E-state index contributed by atoms with van der Waals surface area (Å²) < 4.78 is 0. The Hall–Kier alpha value is -0.490. The number of carbonyl (C=O) groups excluding carboxylic acids is 2. The third-order valence-electron chi connectivity index (χ3n) is 1.51. The van der Waals surface area contributed by atoms with Crippen LogP contribution in [0.4, 0.5) is 0 Å². The van der Waals surface area contributed by atoms with Crippen LogP contribution in [-0.2, 0) is 14.4 Å². The van der Waals surface area contributed by atoms with Crippen molar-refractivity contribution in [3.8, 4) is 0 Å². The molecule has 0 radical (unpaired) electrons. The molecule has 0 fully saturated rings. The van der Waals surface area contributed by atoms with Gasteiger partial charge in [-0.25, -0.2) is 0 Å². The number of rotatable bonds is 6. The lowest BCUT2D eigenvalue weighted by Crippen LogP contribution is -2.14. The van der Waals surface area contributed by atoms with Crippen molar-refractivity contribution < 1.29 is 19.5 Å². The summed E-state index contributed by atoms with van der Waals surface area (Å²) in [6, 6.07) is 0. The van der Waals surface area contributed by atoms with Gasteiger partial charge in [0, 0.05) is 31.8 Å². The minimum Gasteiger partial charge on any atom is -0.481 e. The van der Waals surface area contributed by atoms with Crippen molar-refractivity contribution in [1.82, 2.24) is 0 Å². The van der Waals surface area contributed by atoms with E-state index in [0.717, 1.165) is 23.5 Å². The first kappa shape index (κ1) is 14.5. The van der Waals surface area contributed by atoms with Gasteiger partial charge in [0.2, 0.25) is 0 Å². The topological polar surface area (TPSA) is 71.4 Å². The molecule has 0 aliphatic rings. The molecular formula is C9H14O4S2. The zero-order valence-electron chi connectivity index (χ0n) is 8.69. The number of hydrogen-bond acceptors (Lipinski definition) is 5. The van der Waals surface area contributed by atoms with Gasteiger partial charge in [0.05, 0.1) is 0 Å². The fourth-order valence-electron chi connectivity index (χ4n) is 0.883. The fourth-order valence-corrected chi connectivity index (χ4v) is 2.44. The normalized spacial score (nSPS) is 10.3. The highest BCUT2D eigenvalue weighted by Crippen LogP contribution is 2.18. The molecule has 0 aliphatic heterocycles. The average Bonchev–Trinajstić information content (AvgIpc) is 2.08. The molecule has 0 amide bonds. The van der Waals surface area contributed by atoms with Crippen molar-refractivity contribution in [1.29, 1.82) is 0 Å². The Morgan fingerprint density at radius 2 is 1.47 bits per heavy atom. The van der Waals surface area contributed by atoms with Crippen LogP contribution in [0.25, 0.3) is 0 Å². The second-order valence-electron chi connectivity index (χ2n) is 3.07. The van der Waals surface area contributed by atoms with Crippen LogP contribution in [-0.4, -0.2) is 32.8 Å². The predicted octanol–water partition coefficient (Wildman–Crippen LogP) is 1.64. The van der Waals surface area contributed by atoms with Crippen LogP contribution in [0.5, 0.6) is 0 Å². The number of carboxylic acids is 1. The molecule has 0 unspecified atom stereocenters. The van der Waals surface area contributed by atoms with Crippen LogP contribution in [0.1, 0.15) is 20.3 Å². The molecule has 0 aliphatic carbocycles. The molecule has 0 heterocycles. The van der Waals surface area contributed by atoms with E-state index in [-0.39, 0.29) is 22.6 Å². The van der Waals surface area contributed by atoms with E-state index in [1.165, 1.54) is 13.8 Å². The Bertz CT molecular complexity index is 234. The van der Waals surface area contributed by atoms with E-state index in [0.29, 0.717) is 11.5 Å². The van der Waals surface area contributed by atoms with Crippen LogP contribution in [0, 0.1) is 5.92 Å². The summed E-state index contributed by atoms with van der Waals surface area (Å²) in [4.78, 5) is 31.9. The lowest BCUT2D eigenvalue weighted by Gasteiger charge is -2.11. The van der Waals surface area contributed by atoms with Gasteiger partial charge in [-0.2, -0.15) is 0 Å². The lowest BCUT2D eigenvalue weighted by molar-refractivity contribution is -0.137. The smallest absolute Gasteiger partial charge is 0.303 e. The van der Waals surface area contributed by atoms with Gasteiger partial charge in [-0.3, -0.25) is 14.4 Å². The number of hydrogen-bond donors (Lipinski definition) is 1. The van der Waals surface area contributed by atoms with Gasteiger partial charge in [0.25, 0.3) is 0 Å². The molecule has 1 N–H and O–H groups in total. The fraction of sp³-hybridized carbons (Fsp3) is 0.667. The third-order valence-corrected chi connectivity index (χ3v) is 3.60. The second kappa shape index (κ2) is 7.76. The number of aliphatic carboxylic acids is 1. The molecule has 6 heteroatoms. The zero-order chi connectivity index (χ0) is 11.8. The number of carboxylic acid groups (broad SMARTS) is 1. The summed E-state index contributed by atoms with van der Waals surface area (Å²) in [6.07, 6.45) is 0.000556. The van der Waals surface area contributed by atoms with Crippen molar-refractivity contribution in [3.63, 3.8) is 0 Å². The first-order chi connectivity index (χ1) is 6.91. The summed E-state index contributed by atoms with van der Waals surface area (Å²) in [6.45, 7) is 2.89. The number of carbonyl (C=O) groups is 3. The molecule has 0 aromatic rings. The zero-order valence-corrected chi connectivity index (χ0v) is 10.3. The van der Waals surface area contributed by atoms with Crippen molar-refractivity contribution in [2.45, 2.75) is 20.3 Å². The molecular weight excluding hydrogens is 236 g/mol. The Kier molecular flexibility index (Phi) is 7.50. The van der Waals surface area contributed by atoms with E-state index < -0.39 is 5.97 Å². The van der Waals surface area contributed by atoms with E-state index >= 15 is 0 Å². The lowest BCUT2D eigenvalue weighted by atomic mass is 10.1. The Labute approximate surface area is 97.2 Å². The van der Waals surface area contributed by atoms with Gasteiger partial charge in [-0.15, -0.1) is 0 Å². The first-order valence-electron chi connectivity index (χ1n) is 4.40. The highest BCUT2D eigenvalue weighted by molar-refractivity contribution is 8.14. The maximum Gasteiger partial charge on any atom is 0.303 e. The highest BCUT2D eigenvalue weighted by atomic mass is 32.2. The second-order valence-corrected chi connectivity index (χ2v) is 5.46. The first-order valence-corrected chi connectivity index (χ1v) is 6.37. The average molecular weight is 250 g/mol. The largest absolute Gasteiger partial charge is 0.481 e. The molecule has 0 aromatic carbocycles. The monoisotopic (exact) mass is 250 g/mol. The summed E-state index contributed by atoms with van der Waals surface area (Å²) in [5, 5.41) is 8.57. The van der Waals surface area contributed by atoms with Crippen LogP contribution in [0.15, 0.2) is 0 Å². The van der Waals surface area contributed by atoms with E-state index in [4.69, 9.17) is 5.11 Å². The van der Waals surface area contributed by atoms with E-state index in [2.05, 4.69) is 0 Å². The minimum absolute atomic E-state index is 0.000556. The molecule has 0 spiro atoms. The minimum atomic E-state index is -0.895. The number of thioether (sulfide) groups is 2. The van der Waals surface area contributed by atoms with Crippen molar-refractivity contribution in [3.05, 3.63) is 0 Å². The molecule has 0 aromatic heterocycles. The van der Waals surface area contributed by atoms with Gasteiger partial charge in [-0.1, -0.05) is 23.5 Å².